The van der Waals surface area contributed by atoms with Crippen molar-refractivity contribution in [3.8, 4) is 0 Å². The maximum Gasteiger partial charge on any atom is 0.643 e. The summed E-state index contributed by atoms with van der Waals surface area (Å²) < 4.78 is 23.9. The van der Waals surface area contributed by atoms with Crippen LogP contribution in [0.1, 0.15) is 0 Å². The molecule has 0 fully saturated rings. The normalized spacial score (nSPS) is 8.42. The Morgan fingerprint density at radius 2 is 1.33 bits per heavy atom. The maximum absolute atomic E-state index is 11.9. The van der Waals surface area contributed by atoms with Gasteiger partial charge >= 0.3 is 11.4 Å². The van der Waals surface area contributed by atoms with Crippen LogP contribution in [0, 0.1) is 11.6 Å². The van der Waals surface area contributed by atoms with Gasteiger partial charge in [-0.05, 0) is 12.1 Å². The Bertz CT molecular complexity index is 212. The molecular formula is C6H4AlCl3F2. The Labute approximate surface area is 86.0 Å². The van der Waals surface area contributed by atoms with E-state index in [0.717, 1.165) is 6.07 Å². The Hall–Kier alpha value is 0.482. The second-order valence-corrected chi connectivity index (χ2v) is 8.12. The van der Waals surface area contributed by atoms with E-state index < -0.39 is 23.0 Å². The third kappa shape index (κ3) is 8.58. The van der Waals surface area contributed by atoms with Gasteiger partial charge in [-0.1, -0.05) is 6.07 Å². The van der Waals surface area contributed by atoms with Gasteiger partial charge in [0.05, 0.1) is 0 Å². The molecule has 0 aliphatic heterocycles. The van der Waals surface area contributed by atoms with Crippen molar-refractivity contribution in [3.05, 3.63) is 35.9 Å². The molecule has 0 heterocycles. The second-order valence-electron chi connectivity index (χ2n) is 1.69. The molecule has 1 rings (SSSR count). The summed E-state index contributed by atoms with van der Waals surface area (Å²) in [7, 11) is 14.8. The molecule has 0 aromatic heterocycles. The molecule has 0 aliphatic rings. The quantitative estimate of drug-likeness (QED) is 0.614. The SMILES string of the molecule is Fc1cccc(F)c1.[Cl][Al]([Cl])[Cl]. The first-order chi connectivity index (χ1) is 5.52. The van der Waals surface area contributed by atoms with Crippen molar-refractivity contribution < 1.29 is 8.78 Å². The summed E-state index contributed by atoms with van der Waals surface area (Å²) in [5, 5.41) is 0. The van der Waals surface area contributed by atoms with Crippen LogP contribution in [0.4, 0.5) is 8.78 Å². The summed E-state index contributed by atoms with van der Waals surface area (Å²) in [5.74, 6) is -1.07. The Morgan fingerprint density at radius 3 is 1.50 bits per heavy atom. The molecule has 12 heavy (non-hydrogen) atoms. The van der Waals surface area contributed by atoms with Gasteiger partial charge in [0.15, 0.2) is 0 Å². The van der Waals surface area contributed by atoms with Gasteiger partial charge in [0.25, 0.3) is 0 Å². The van der Waals surface area contributed by atoms with E-state index in [0.29, 0.717) is 0 Å². The second kappa shape index (κ2) is 6.94. The van der Waals surface area contributed by atoms with E-state index in [1.807, 2.05) is 0 Å². The zero-order valence-electron chi connectivity index (χ0n) is 5.78. The maximum atomic E-state index is 11.9. The summed E-state index contributed by atoms with van der Waals surface area (Å²) in [5.41, 5.74) is 0. The van der Waals surface area contributed by atoms with E-state index in [1.54, 1.807) is 0 Å². The lowest BCUT2D eigenvalue weighted by atomic mass is 10.3. The first-order valence-corrected chi connectivity index (χ1v) is 8.09. The molecule has 0 nitrogen and oxygen atoms in total. The summed E-state index contributed by atoms with van der Waals surface area (Å²) >= 11 is -1.72. The van der Waals surface area contributed by atoms with Crippen LogP contribution in [-0.4, -0.2) is 11.4 Å². The Morgan fingerprint density at radius 1 is 1.00 bits per heavy atom. The van der Waals surface area contributed by atoms with Gasteiger partial charge in [0.2, 0.25) is 0 Å². The molecule has 0 unspecified atom stereocenters. The standard InChI is InChI=1S/C6H4F2.Al.3ClH/c7-5-2-1-3-6(8)4-5;;;;/h1-4H;;3*1H/q;+3;;;/p-3. The minimum Gasteiger partial charge on any atom is -0.214 e. The van der Waals surface area contributed by atoms with Crippen LogP contribution < -0.4 is 0 Å². The fraction of sp³-hybridized carbons (Fsp3) is 0. The van der Waals surface area contributed by atoms with E-state index in [4.69, 9.17) is 30.1 Å². The number of halogens is 5. The fourth-order valence-electron chi connectivity index (χ4n) is 0.460. The third-order valence-electron chi connectivity index (χ3n) is 0.787. The van der Waals surface area contributed by atoms with Gasteiger partial charge in [-0.2, -0.15) is 0 Å². The molecule has 1 aromatic carbocycles. The van der Waals surface area contributed by atoms with Gasteiger partial charge in [-0.15, -0.1) is 0 Å². The largest absolute Gasteiger partial charge is 0.643 e. The van der Waals surface area contributed by atoms with E-state index in [-0.39, 0.29) is 0 Å². The molecule has 0 saturated carbocycles. The van der Waals surface area contributed by atoms with Crippen molar-refractivity contribution in [3.63, 3.8) is 0 Å². The predicted octanol–water partition coefficient (Wildman–Crippen LogP) is 3.65. The van der Waals surface area contributed by atoms with Crippen LogP contribution in [0.15, 0.2) is 24.3 Å². The van der Waals surface area contributed by atoms with Crippen LogP contribution in [0.25, 0.3) is 0 Å². The lowest BCUT2D eigenvalue weighted by Crippen LogP contribution is -1.73. The number of hydrogen-bond donors (Lipinski definition) is 0. The van der Waals surface area contributed by atoms with E-state index in [1.165, 1.54) is 18.2 Å². The molecule has 0 radical (unpaired) electrons. The topological polar surface area (TPSA) is 0 Å². The minimum atomic E-state index is -1.72. The minimum absolute atomic E-state index is 0.537. The highest BCUT2D eigenvalue weighted by Crippen LogP contribution is 1.99. The average Bonchev–Trinajstić information content (AvgIpc) is 1.84. The Balaban J connectivity index is 0.000000261. The summed E-state index contributed by atoms with van der Waals surface area (Å²) in [6, 6.07) is 4.55. The summed E-state index contributed by atoms with van der Waals surface area (Å²) in [6.45, 7) is 0. The lowest BCUT2D eigenvalue weighted by molar-refractivity contribution is 0.583. The van der Waals surface area contributed by atoms with Gasteiger partial charge < -0.3 is 0 Å². The molecule has 0 bridgehead atoms. The molecule has 6 heteroatoms. The van der Waals surface area contributed by atoms with Crippen LogP contribution in [0.3, 0.4) is 0 Å². The first-order valence-electron chi connectivity index (χ1n) is 2.85. The summed E-state index contributed by atoms with van der Waals surface area (Å²) in [6.07, 6.45) is 0. The van der Waals surface area contributed by atoms with Crippen molar-refractivity contribution >= 4 is 41.5 Å². The van der Waals surface area contributed by atoms with E-state index in [2.05, 4.69) is 0 Å². The number of rotatable bonds is 0. The molecule has 0 aliphatic carbocycles. The number of benzene rings is 1. The first kappa shape index (κ1) is 12.5. The molecule has 0 spiro atoms. The monoisotopic (exact) mass is 246 g/mol. The molecular weight excluding hydrogens is 243 g/mol. The van der Waals surface area contributed by atoms with Gasteiger partial charge in [0.1, 0.15) is 11.6 Å². The van der Waals surface area contributed by atoms with Crippen molar-refractivity contribution in [2.75, 3.05) is 0 Å². The molecule has 0 atom stereocenters. The van der Waals surface area contributed by atoms with Crippen molar-refractivity contribution in [1.82, 2.24) is 0 Å². The van der Waals surface area contributed by atoms with E-state index in [9.17, 15) is 8.78 Å². The third-order valence-corrected chi connectivity index (χ3v) is 0.787. The highest BCUT2D eigenvalue weighted by Gasteiger charge is 2.00. The molecule has 0 amide bonds. The Kier molecular flexibility index (Phi) is 7.22. The highest BCUT2D eigenvalue weighted by molar-refractivity contribution is 7.54. The van der Waals surface area contributed by atoms with Crippen molar-refractivity contribution in [2.45, 2.75) is 0 Å². The molecule has 0 saturated heterocycles. The van der Waals surface area contributed by atoms with Crippen LogP contribution in [-0.2, 0) is 0 Å². The van der Waals surface area contributed by atoms with Crippen molar-refractivity contribution in [1.29, 1.82) is 0 Å². The van der Waals surface area contributed by atoms with Crippen LogP contribution in [0.2, 0.25) is 0 Å². The molecule has 1 aromatic rings. The van der Waals surface area contributed by atoms with Crippen LogP contribution in [0.5, 0.6) is 0 Å². The smallest absolute Gasteiger partial charge is 0.214 e. The van der Waals surface area contributed by atoms with Gasteiger partial charge in [-0.3, -0.25) is 0 Å². The fourth-order valence-corrected chi connectivity index (χ4v) is 0.460. The molecule has 0 N–H and O–H groups in total. The van der Waals surface area contributed by atoms with Gasteiger partial charge in [0, 0.05) is 6.07 Å². The number of hydrogen-bond acceptors (Lipinski definition) is 0. The lowest BCUT2D eigenvalue weighted by Gasteiger charge is -1.84. The average molecular weight is 247 g/mol. The zero-order valence-corrected chi connectivity index (χ0v) is 9.20. The van der Waals surface area contributed by atoms with Crippen LogP contribution >= 0.6 is 30.1 Å². The zero-order chi connectivity index (χ0) is 9.56. The van der Waals surface area contributed by atoms with Gasteiger partial charge in [-0.25, -0.2) is 38.9 Å². The molecule has 66 valence electrons. The van der Waals surface area contributed by atoms with Crippen molar-refractivity contribution in [2.24, 2.45) is 0 Å². The predicted molar refractivity (Wildman–Crippen MR) is 49.7 cm³/mol. The van der Waals surface area contributed by atoms with E-state index >= 15 is 0 Å². The highest BCUT2D eigenvalue weighted by atomic mass is 35.8. The summed E-state index contributed by atoms with van der Waals surface area (Å²) in [4.78, 5) is 0.